The van der Waals surface area contributed by atoms with E-state index in [-0.39, 0.29) is 46.5 Å². The fourth-order valence-electron chi connectivity index (χ4n) is 7.95. The Morgan fingerprint density at radius 1 is 1.20 bits per heavy atom. The van der Waals surface area contributed by atoms with Crippen LogP contribution in [0.5, 0.6) is 0 Å². The highest BCUT2D eigenvalue weighted by atomic mass is 79.9. The lowest BCUT2D eigenvalue weighted by atomic mass is 9.70. The first-order chi connectivity index (χ1) is 20.7. The third kappa shape index (κ3) is 6.70. The number of ether oxygens (including phenoxy) is 1. The Morgan fingerprint density at radius 3 is 2.48 bits per heavy atom. The van der Waals surface area contributed by atoms with Gasteiger partial charge in [-0.3, -0.25) is 14.4 Å². The molecule has 0 aromatic heterocycles. The molecule has 0 saturated carbocycles. The minimum atomic E-state index is -0.853. The largest absolute Gasteiger partial charge is 0.465 e. The van der Waals surface area contributed by atoms with Gasteiger partial charge in [-0.1, -0.05) is 79.2 Å². The standard InChI is InChI=1S/C35H49BrN2O5S/c1-8-10-14-18-43-32(42)26-27-30(40)38(24(21-39)19-23-15-12-11-13-16-23)29(35(27)20-25(36)28(26)44-35)31(41)37(17-9-2)34(6,7)22-33(3,4)5/h8-9,11-13,15-16,24-29,39H,1-2,10,14,17-22H2,3-7H3/t24-,25?,26+,27+,28+,29?,35?/m1/s1. The lowest BCUT2D eigenvalue weighted by molar-refractivity contribution is -0.154. The Hall–Kier alpha value is -2.10. The second kappa shape index (κ2) is 13.7. The quantitative estimate of drug-likeness (QED) is 0.115. The topological polar surface area (TPSA) is 87.1 Å². The summed E-state index contributed by atoms with van der Waals surface area (Å²) in [4.78, 5) is 46.9. The van der Waals surface area contributed by atoms with Crippen LogP contribution in [0.15, 0.2) is 55.6 Å². The summed E-state index contributed by atoms with van der Waals surface area (Å²) in [5, 5.41) is 10.6. The Bertz CT molecular complexity index is 1230. The molecule has 9 heteroatoms. The molecule has 4 rings (SSSR count). The van der Waals surface area contributed by atoms with Gasteiger partial charge in [0.05, 0.1) is 35.8 Å². The smallest absolute Gasteiger partial charge is 0.310 e. The monoisotopic (exact) mass is 688 g/mol. The third-order valence-corrected chi connectivity index (χ3v) is 12.4. The van der Waals surface area contributed by atoms with Crippen molar-refractivity contribution in [3.8, 4) is 0 Å². The number of aliphatic hydroxyl groups is 1. The Kier molecular flexibility index (Phi) is 10.8. The van der Waals surface area contributed by atoms with Gasteiger partial charge in [0, 0.05) is 22.2 Å². The minimum absolute atomic E-state index is 0.0574. The van der Waals surface area contributed by atoms with Gasteiger partial charge in [-0.25, -0.2) is 0 Å². The number of unbranched alkanes of at least 4 members (excludes halogenated alkanes) is 1. The van der Waals surface area contributed by atoms with Gasteiger partial charge < -0.3 is 19.6 Å². The zero-order valence-corrected chi connectivity index (χ0v) is 29.2. The number of thioether (sulfide) groups is 1. The molecule has 242 valence electrons. The van der Waals surface area contributed by atoms with Gasteiger partial charge in [-0.2, -0.15) is 0 Å². The maximum Gasteiger partial charge on any atom is 0.310 e. The highest BCUT2D eigenvalue weighted by Crippen LogP contribution is 2.68. The van der Waals surface area contributed by atoms with Crippen LogP contribution in [0, 0.1) is 17.3 Å². The van der Waals surface area contributed by atoms with Crippen molar-refractivity contribution in [3.05, 3.63) is 61.2 Å². The van der Waals surface area contributed by atoms with Gasteiger partial charge in [0.2, 0.25) is 11.8 Å². The van der Waals surface area contributed by atoms with Crippen molar-refractivity contribution in [1.29, 1.82) is 0 Å². The van der Waals surface area contributed by atoms with Gasteiger partial charge in [0.15, 0.2) is 0 Å². The van der Waals surface area contributed by atoms with E-state index >= 15 is 4.79 Å². The molecule has 0 aliphatic carbocycles. The predicted molar refractivity (Wildman–Crippen MR) is 181 cm³/mol. The normalized spacial score (nSPS) is 28.5. The van der Waals surface area contributed by atoms with E-state index in [1.807, 2.05) is 35.2 Å². The molecule has 2 bridgehead atoms. The number of esters is 1. The number of nitrogens with zero attached hydrogens (tertiary/aromatic N) is 2. The van der Waals surface area contributed by atoms with Crippen molar-refractivity contribution in [1.82, 2.24) is 9.80 Å². The highest BCUT2D eigenvalue weighted by molar-refractivity contribution is 9.09. The molecule has 3 heterocycles. The summed E-state index contributed by atoms with van der Waals surface area (Å²) >= 11 is 5.43. The van der Waals surface area contributed by atoms with E-state index in [4.69, 9.17) is 4.74 Å². The summed E-state index contributed by atoms with van der Waals surface area (Å²) in [6.45, 7) is 18.6. The number of carbonyl (C=O) groups is 3. The molecule has 3 fully saturated rings. The maximum atomic E-state index is 15.1. The summed E-state index contributed by atoms with van der Waals surface area (Å²) in [6.07, 6.45) is 6.62. The number of aliphatic hydroxyl groups excluding tert-OH is 1. The molecule has 3 aliphatic heterocycles. The van der Waals surface area contributed by atoms with E-state index in [1.165, 1.54) is 0 Å². The first-order valence-corrected chi connectivity index (χ1v) is 17.5. The van der Waals surface area contributed by atoms with E-state index in [0.717, 1.165) is 18.4 Å². The zero-order chi connectivity index (χ0) is 32.4. The third-order valence-electron chi connectivity index (χ3n) is 9.22. The molecule has 1 spiro atoms. The second-order valence-electron chi connectivity index (χ2n) is 14.3. The first-order valence-electron chi connectivity index (χ1n) is 15.7. The van der Waals surface area contributed by atoms with Gasteiger partial charge in [-0.15, -0.1) is 24.9 Å². The number of allylic oxidation sites excluding steroid dienone is 1. The summed E-state index contributed by atoms with van der Waals surface area (Å²) in [7, 11) is 0. The lowest BCUT2D eigenvalue weighted by Gasteiger charge is -2.46. The number of alkyl halides is 1. The van der Waals surface area contributed by atoms with Crippen molar-refractivity contribution in [2.45, 2.75) is 99.2 Å². The number of carbonyl (C=O) groups excluding carboxylic acids is 3. The van der Waals surface area contributed by atoms with Crippen molar-refractivity contribution in [2.24, 2.45) is 17.3 Å². The van der Waals surface area contributed by atoms with Crippen LogP contribution in [0.4, 0.5) is 0 Å². The molecule has 7 atom stereocenters. The fourth-order valence-corrected chi connectivity index (χ4v) is 11.5. The van der Waals surface area contributed by atoms with E-state index in [2.05, 4.69) is 63.7 Å². The average Bonchev–Trinajstić information content (AvgIpc) is 3.54. The summed E-state index contributed by atoms with van der Waals surface area (Å²) in [5.74, 6) is -2.18. The highest BCUT2D eigenvalue weighted by Gasteiger charge is 2.77. The second-order valence-corrected chi connectivity index (χ2v) is 17.0. The van der Waals surface area contributed by atoms with Crippen LogP contribution in [-0.2, 0) is 25.5 Å². The number of halogens is 1. The molecule has 3 saturated heterocycles. The van der Waals surface area contributed by atoms with Crippen LogP contribution < -0.4 is 0 Å². The number of fused-ring (bicyclic) bond motifs is 1. The molecule has 1 aromatic rings. The molecule has 3 unspecified atom stereocenters. The van der Waals surface area contributed by atoms with Crippen molar-refractivity contribution in [2.75, 3.05) is 19.8 Å². The Labute approximate surface area is 276 Å². The SMILES string of the molecule is C=CCCCOC(=O)[C@H]1[C@H]2C(=O)N([C@@H](CO)Cc3ccccc3)C(C(=O)N(CC=C)C(C)(C)CC(C)(C)C)C23CC(Br)[C@@H]1S3. The molecule has 1 N–H and O–H groups in total. The van der Waals surface area contributed by atoms with E-state index in [1.54, 1.807) is 28.8 Å². The number of benzene rings is 1. The summed E-state index contributed by atoms with van der Waals surface area (Å²) < 4.78 is 4.91. The number of hydrogen-bond donors (Lipinski definition) is 1. The number of likely N-dealkylation sites (tertiary alicyclic amines) is 1. The number of amides is 2. The van der Waals surface area contributed by atoms with Gasteiger partial charge in [-0.05, 0) is 56.9 Å². The van der Waals surface area contributed by atoms with E-state index in [9.17, 15) is 14.7 Å². The summed E-state index contributed by atoms with van der Waals surface area (Å²) in [6, 6.07) is 8.23. The molecule has 44 heavy (non-hydrogen) atoms. The molecule has 7 nitrogen and oxygen atoms in total. The molecular weight excluding hydrogens is 640 g/mol. The number of hydrogen-bond acceptors (Lipinski definition) is 6. The Balaban J connectivity index is 1.80. The average molecular weight is 690 g/mol. The van der Waals surface area contributed by atoms with Crippen LogP contribution in [0.1, 0.15) is 65.9 Å². The van der Waals surface area contributed by atoms with E-state index in [0.29, 0.717) is 25.8 Å². The molecule has 3 aliphatic rings. The molecule has 0 radical (unpaired) electrons. The fraction of sp³-hybridized carbons (Fsp3) is 0.629. The molecular formula is C35H49BrN2O5S. The number of rotatable bonds is 14. The van der Waals surface area contributed by atoms with Crippen molar-refractivity contribution >= 4 is 45.5 Å². The van der Waals surface area contributed by atoms with Crippen molar-refractivity contribution in [3.63, 3.8) is 0 Å². The zero-order valence-electron chi connectivity index (χ0n) is 26.8. The van der Waals surface area contributed by atoms with Gasteiger partial charge in [0.25, 0.3) is 0 Å². The van der Waals surface area contributed by atoms with Crippen molar-refractivity contribution < 1.29 is 24.2 Å². The summed E-state index contributed by atoms with van der Waals surface area (Å²) in [5.41, 5.74) is 0.363. The van der Waals surface area contributed by atoms with Crippen LogP contribution >= 0.6 is 27.7 Å². The molecule has 2 amide bonds. The van der Waals surface area contributed by atoms with Crippen LogP contribution in [0.2, 0.25) is 0 Å². The first kappa shape index (κ1) is 34.8. The van der Waals surface area contributed by atoms with Crippen LogP contribution in [-0.4, -0.2) is 84.9 Å². The lowest BCUT2D eigenvalue weighted by Crippen LogP contribution is -2.62. The van der Waals surface area contributed by atoms with Gasteiger partial charge in [0.1, 0.15) is 6.04 Å². The minimum Gasteiger partial charge on any atom is -0.465 e. The predicted octanol–water partition coefficient (Wildman–Crippen LogP) is 5.79. The van der Waals surface area contributed by atoms with Crippen LogP contribution in [0.25, 0.3) is 0 Å². The van der Waals surface area contributed by atoms with E-state index < -0.39 is 34.2 Å². The van der Waals surface area contributed by atoms with Crippen LogP contribution in [0.3, 0.4) is 0 Å². The Morgan fingerprint density at radius 2 is 1.89 bits per heavy atom. The maximum absolute atomic E-state index is 15.1. The molecule has 1 aromatic carbocycles. The van der Waals surface area contributed by atoms with Gasteiger partial charge >= 0.3 is 5.97 Å².